The van der Waals surface area contributed by atoms with Gasteiger partial charge in [0, 0.05) is 19.1 Å². The van der Waals surface area contributed by atoms with Crippen molar-refractivity contribution >= 4 is 5.97 Å². The first-order valence-electron chi connectivity index (χ1n) is 19.4. The van der Waals surface area contributed by atoms with E-state index in [0.717, 1.165) is 44.9 Å². The molecule has 0 spiro atoms. The van der Waals surface area contributed by atoms with Crippen molar-refractivity contribution in [2.75, 3.05) is 13.2 Å². The van der Waals surface area contributed by atoms with E-state index in [0.29, 0.717) is 13.2 Å². The van der Waals surface area contributed by atoms with Crippen molar-refractivity contribution in [1.82, 2.24) is 0 Å². The number of rotatable bonds is 35. The number of ether oxygens (including phenoxy) is 2. The molecule has 0 aliphatic heterocycles. The highest BCUT2D eigenvalue weighted by atomic mass is 16.6. The number of aliphatic hydroxyl groups excluding tert-OH is 1. The van der Waals surface area contributed by atoms with E-state index in [1.54, 1.807) is 0 Å². The van der Waals surface area contributed by atoms with Crippen molar-refractivity contribution in [2.45, 2.75) is 193 Å². The average Bonchev–Trinajstić information content (AvgIpc) is 3.03. The van der Waals surface area contributed by atoms with Crippen LogP contribution >= 0.6 is 0 Å². The molecule has 0 bridgehead atoms. The molecule has 0 radical (unpaired) electrons. The van der Waals surface area contributed by atoms with Gasteiger partial charge < -0.3 is 20.3 Å². The summed E-state index contributed by atoms with van der Waals surface area (Å²) in [6.45, 7) is 5.47. The predicted molar refractivity (Wildman–Crippen MR) is 199 cm³/mol. The van der Waals surface area contributed by atoms with Gasteiger partial charge in [-0.3, -0.25) is 4.79 Å². The summed E-state index contributed by atoms with van der Waals surface area (Å²) in [5, 5.41) is 10.1. The second-order valence-corrected chi connectivity index (χ2v) is 12.9. The molecule has 0 amide bonds. The standard InChI is InChI=1S/C41H75NO4/c1-3-5-7-9-11-13-15-17-19-21-23-25-27-29-31-33-35-45-40(43)37-39(42)38-41(44)46-36-34-32-30-28-26-24-22-20-18-16-14-12-10-8-6-4-2/h11-14,17-20,39-40,43H,3-10,15-16,21-38,42H2,1-2H3/b13-11-,14-12-,19-17-,20-18-. The van der Waals surface area contributed by atoms with E-state index in [4.69, 9.17) is 15.2 Å². The van der Waals surface area contributed by atoms with Crippen LogP contribution in [0.3, 0.4) is 0 Å². The lowest BCUT2D eigenvalue weighted by atomic mass is 10.1. The van der Waals surface area contributed by atoms with Crippen LogP contribution < -0.4 is 5.73 Å². The Morgan fingerprint density at radius 1 is 0.565 bits per heavy atom. The minimum absolute atomic E-state index is 0.119. The van der Waals surface area contributed by atoms with E-state index in [1.165, 1.54) is 109 Å². The quantitative estimate of drug-likeness (QED) is 0.0310. The van der Waals surface area contributed by atoms with Gasteiger partial charge in [0.05, 0.1) is 13.0 Å². The normalized spacial score (nSPS) is 13.6. The van der Waals surface area contributed by atoms with E-state index < -0.39 is 12.3 Å². The Bertz CT molecular complexity index is 745. The minimum atomic E-state index is -0.923. The van der Waals surface area contributed by atoms with Gasteiger partial charge in [0.15, 0.2) is 6.29 Å². The van der Waals surface area contributed by atoms with E-state index in [1.807, 2.05) is 0 Å². The molecule has 0 aliphatic carbocycles. The fraction of sp³-hybridized carbons (Fsp3) is 0.780. The number of nitrogens with two attached hydrogens (primary N) is 1. The van der Waals surface area contributed by atoms with Crippen molar-refractivity contribution in [3.63, 3.8) is 0 Å². The molecule has 0 saturated carbocycles. The van der Waals surface area contributed by atoms with E-state index in [2.05, 4.69) is 62.5 Å². The zero-order chi connectivity index (χ0) is 33.6. The van der Waals surface area contributed by atoms with Crippen LogP contribution in [0.1, 0.15) is 181 Å². The van der Waals surface area contributed by atoms with Gasteiger partial charge in [-0.2, -0.15) is 0 Å². The first-order valence-corrected chi connectivity index (χ1v) is 19.4. The van der Waals surface area contributed by atoms with Crippen molar-refractivity contribution in [1.29, 1.82) is 0 Å². The minimum Gasteiger partial charge on any atom is -0.466 e. The summed E-state index contributed by atoms with van der Waals surface area (Å²) in [7, 11) is 0. The summed E-state index contributed by atoms with van der Waals surface area (Å²) in [5.74, 6) is -0.285. The Labute approximate surface area is 285 Å². The van der Waals surface area contributed by atoms with Crippen LogP contribution in [0.15, 0.2) is 48.6 Å². The molecule has 0 aliphatic rings. The molecule has 268 valence electrons. The highest BCUT2D eigenvalue weighted by Crippen LogP contribution is 2.11. The van der Waals surface area contributed by atoms with Gasteiger partial charge in [-0.25, -0.2) is 0 Å². The number of allylic oxidation sites excluding steroid dienone is 8. The van der Waals surface area contributed by atoms with Crippen LogP contribution in [0.2, 0.25) is 0 Å². The first kappa shape index (κ1) is 44.3. The Morgan fingerprint density at radius 2 is 0.957 bits per heavy atom. The average molecular weight is 646 g/mol. The Hall–Kier alpha value is -1.69. The van der Waals surface area contributed by atoms with E-state index >= 15 is 0 Å². The molecule has 3 N–H and O–H groups in total. The fourth-order valence-corrected chi connectivity index (χ4v) is 5.27. The Kier molecular flexibility index (Phi) is 36.4. The maximum atomic E-state index is 12.1. The SMILES string of the molecule is CCCCC/C=C\C/C=C\CCCCCCCCOC(=O)CC(N)CC(O)OCCCCCCCC/C=C\C/C=C\CCCCC. The van der Waals surface area contributed by atoms with Crippen LogP contribution in [0.5, 0.6) is 0 Å². The number of carbonyl (C=O) groups is 1. The highest BCUT2D eigenvalue weighted by Gasteiger charge is 2.15. The zero-order valence-electron chi connectivity index (χ0n) is 30.3. The summed E-state index contributed by atoms with van der Waals surface area (Å²) < 4.78 is 10.9. The smallest absolute Gasteiger partial charge is 0.307 e. The third-order valence-electron chi connectivity index (χ3n) is 8.20. The molecule has 2 unspecified atom stereocenters. The predicted octanol–water partition coefficient (Wildman–Crippen LogP) is 11.6. The highest BCUT2D eigenvalue weighted by molar-refractivity contribution is 5.70. The van der Waals surface area contributed by atoms with Crippen LogP contribution in [-0.4, -0.2) is 36.6 Å². The Morgan fingerprint density at radius 3 is 1.41 bits per heavy atom. The number of hydrogen-bond donors (Lipinski definition) is 2. The maximum Gasteiger partial charge on any atom is 0.307 e. The second-order valence-electron chi connectivity index (χ2n) is 12.9. The molecule has 5 heteroatoms. The van der Waals surface area contributed by atoms with E-state index in [9.17, 15) is 9.90 Å². The van der Waals surface area contributed by atoms with Crippen LogP contribution in [0.25, 0.3) is 0 Å². The van der Waals surface area contributed by atoms with Crippen LogP contribution in [-0.2, 0) is 14.3 Å². The molecular formula is C41H75NO4. The van der Waals surface area contributed by atoms with Crippen molar-refractivity contribution in [2.24, 2.45) is 5.73 Å². The summed E-state index contributed by atoms with van der Waals surface area (Å²) in [4.78, 5) is 12.1. The number of aliphatic hydroxyl groups is 1. The number of carbonyl (C=O) groups excluding carboxylic acids is 1. The molecule has 0 fully saturated rings. The number of hydrogen-bond acceptors (Lipinski definition) is 5. The van der Waals surface area contributed by atoms with Crippen molar-refractivity contribution in [3.8, 4) is 0 Å². The number of unbranched alkanes of at least 4 members (excludes halogenated alkanes) is 18. The van der Waals surface area contributed by atoms with Crippen LogP contribution in [0.4, 0.5) is 0 Å². The van der Waals surface area contributed by atoms with E-state index in [-0.39, 0.29) is 18.8 Å². The molecular weight excluding hydrogens is 570 g/mol. The molecule has 0 heterocycles. The van der Waals surface area contributed by atoms with Gasteiger partial charge >= 0.3 is 5.97 Å². The molecule has 0 aromatic heterocycles. The van der Waals surface area contributed by atoms with Crippen LogP contribution in [0, 0.1) is 0 Å². The third kappa shape index (κ3) is 36.8. The first-order chi connectivity index (χ1) is 22.6. The molecule has 0 saturated heterocycles. The molecule has 46 heavy (non-hydrogen) atoms. The lowest BCUT2D eigenvalue weighted by molar-refractivity contribution is -0.145. The third-order valence-corrected chi connectivity index (χ3v) is 8.20. The summed E-state index contributed by atoms with van der Waals surface area (Å²) in [6, 6.07) is -0.450. The van der Waals surface area contributed by atoms with Crippen molar-refractivity contribution in [3.05, 3.63) is 48.6 Å². The monoisotopic (exact) mass is 646 g/mol. The molecule has 0 aromatic carbocycles. The lowest BCUT2D eigenvalue weighted by Crippen LogP contribution is -2.30. The summed E-state index contributed by atoms with van der Waals surface area (Å²) >= 11 is 0. The van der Waals surface area contributed by atoms with Gasteiger partial charge in [0.25, 0.3) is 0 Å². The maximum absolute atomic E-state index is 12.1. The summed E-state index contributed by atoms with van der Waals surface area (Å²) in [6.07, 6.45) is 46.5. The molecule has 0 rings (SSSR count). The topological polar surface area (TPSA) is 81.8 Å². The second kappa shape index (κ2) is 37.8. The summed E-state index contributed by atoms with van der Waals surface area (Å²) in [5.41, 5.74) is 6.05. The Balaban J connectivity index is 3.49. The molecule has 2 atom stereocenters. The molecule has 5 nitrogen and oxygen atoms in total. The largest absolute Gasteiger partial charge is 0.466 e. The van der Waals surface area contributed by atoms with Crippen molar-refractivity contribution < 1.29 is 19.4 Å². The van der Waals surface area contributed by atoms with Gasteiger partial charge in [-0.05, 0) is 77.0 Å². The van der Waals surface area contributed by atoms with Gasteiger partial charge in [-0.15, -0.1) is 0 Å². The lowest BCUT2D eigenvalue weighted by Gasteiger charge is -2.16. The van der Waals surface area contributed by atoms with Gasteiger partial charge in [-0.1, -0.05) is 140 Å². The fourth-order valence-electron chi connectivity index (χ4n) is 5.27. The molecule has 0 aromatic rings. The number of esters is 1. The van der Waals surface area contributed by atoms with Gasteiger partial charge in [0.2, 0.25) is 0 Å². The van der Waals surface area contributed by atoms with Gasteiger partial charge in [0.1, 0.15) is 0 Å². The zero-order valence-corrected chi connectivity index (χ0v) is 30.3.